The van der Waals surface area contributed by atoms with E-state index in [1.54, 1.807) is 9.80 Å². The van der Waals surface area contributed by atoms with Crippen LogP contribution in [0.25, 0.3) is 0 Å². The highest BCUT2D eigenvalue weighted by molar-refractivity contribution is 6.32. The van der Waals surface area contributed by atoms with Crippen LogP contribution in [0.15, 0.2) is 36.4 Å². The summed E-state index contributed by atoms with van der Waals surface area (Å²) >= 11 is 6.09. The zero-order valence-electron chi connectivity index (χ0n) is 17.9. The molecule has 1 N–H and O–H groups in total. The number of aromatic nitrogens is 1. The zero-order chi connectivity index (χ0) is 23.3. The molecule has 10 heteroatoms. The average molecular weight is 467 g/mol. The molecule has 32 heavy (non-hydrogen) atoms. The second-order valence-corrected chi connectivity index (χ2v) is 7.74. The highest BCUT2D eigenvalue weighted by Crippen LogP contribution is 2.30. The number of nitrogens with one attached hydrogen (secondary N) is 1. The number of halogens is 3. The van der Waals surface area contributed by atoms with Gasteiger partial charge in [-0.2, -0.15) is 13.8 Å². The van der Waals surface area contributed by atoms with E-state index in [9.17, 15) is 18.4 Å². The van der Waals surface area contributed by atoms with Crippen molar-refractivity contribution in [3.05, 3.63) is 47.1 Å². The number of hydrogen-bond acceptors (Lipinski definition) is 4. The Morgan fingerprint density at radius 3 is 2.53 bits per heavy atom. The first-order chi connectivity index (χ1) is 15.3. The lowest BCUT2D eigenvalue weighted by atomic mass is 10.0. The van der Waals surface area contributed by atoms with Gasteiger partial charge in [-0.05, 0) is 37.0 Å². The normalized spacial score (nSPS) is 14.4. The van der Waals surface area contributed by atoms with Crippen LogP contribution < -0.4 is 15.0 Å². The molecular formula is C22H25ClF2N4O3. The summed E-state index contributed by atoms with van der Waals surface area (Å²) in [7, 11) is 0. The zero-order valence-corrected chi connectivity index (χ0v) is 18.6. The molecule has 0 radical (unpaired) electrons. The van der Waals surface area contributed by atoms with Gasteiger partial charge in [0.15, 0.2) is 5.15 Å². The number of hydrogen-bond donors (Lipinski definition) is 1. The number of pyridine rings is 1. The summed E-state index contributed by atoms with van der Waals surface area (Å²) in [5.74, 6) is -0.329. The molecule has 0 bridgehead atoms. The van der Waals surface area contributed by atoms with Gasteiger partial charge in [0, 0.05) is 37.8 Å². The highest BCUT2D eigenvalue weighted by Gasteiger charge is 2.31. The molecule has 0 unspecified atom stereocenters. The predicted molar refractivity (Wildman–Crippen MR) is 118 cm³/mol. The number of anilines is 2. The van der Waals surface area contributed by atoms with E-state index < -0.39 is 12.6 Å². The maximum absolute atomic E-state index is 13.4. The van der Waals surface area contributed by atoms with Crippen LogP contribution in [0, 0.1) is 0 Å². The third-order valence-electron chi connectivity index (χ3n) is 5.40. The van der Waals surface area contributed by atoms with Gasteiger partial charge in [-0.25, -0.2) is 4.79 Å². The number of aryl methyl sites for hydroxylation is 1. The number of ether oxygens (including phenoxy) is 1. The molecule has 3 amide bonds. The molecule has 7 nitrogen and oxygen atoms in total. The Balaban J connectivity index is 1.86. The molecule has 0 atom stereocenters. The van der Waals surface area contributed by atoms with Crippen molar-refractivity contribution >= 4 is 34.9 Å². The Hall–Kier alpha value is -2.94. The molecule has 1 saturated heterocycles. The lowest BCUT2D eigenvalue weighted by molar-refractivity contribution is -0.129. The van der Waals surface area contributed by atoms with Gasteiger partial charge in [-0.3, -0.25) is 9.69 Å². The fourth-order valence-electron chi connectivity index (χ4n) is 3.80. The van der Waals surface area contributed by atoms with E-state index in [-0.39, 0.29) is 28.7 Å². The molecular weight excluding hydrogens is 442 g/mol. The maximum atomic E-state index is 13.4. The molecule has 1 aromatic carbocycles. The van der Waals surface area contributed by atoms with Gasteiger partial charge >= 0.3 is 12.6 Å². The third-order valence-corrected chi connectivity index (χ3v) is 5.69. The van der Waals surface area contributed by atoms with Crippen molar-refractivity contribution < 1.29 is 23.1 Å². The Kier molecular flexibility index (Phi) is 7.84. The average Bonchev–Trinajstić information content (AvgIpc) is 2.76. The first kappa shape index (κ1) is 23.7. The number of urea groups is 1. The Labute approximate surface area is 190 Å². The topological polar surface area (TPSA) is 74.8 Å². The molecule has 2 heterocycles. The van der Waals surface area contributed by atoms with Crippen molar-refractivity contribution in [2.24, 2.45) is 0 Å². The molecule has 1 aromatic heterocycles. The molecule has 0 aliphatic carbocycles. The molecule has 1 fully saturated rings. The number of likely N-dealkylation sites (tertiary alicyclic amines) is 1. The van der Waals surface area contributed by atoms with E-state index in [0.29, 0.717) is 25.9 Å². The van der Waals surface area contributed by atoms with Crippen LogP contribution in [0.1, 0.15) is 32.3 Å². The van der Waals surface area contributed by atoms with Gasteiger partial charge in [-0.1, -0.05) is 36.7 Å². The van der Waals surface area contributed by atoms with Gasteiger partial charge in [-0.15, -0.1) is 0 Å². The fraction of sp³-hybridized carbons (Fsp3) is 0.409. The molecule has 3 rings (SSSR count). The summed E-state index contributed by atoms with van der Waals surface area (Å²) in [4.78, 5) is 32.3. The lowest BCUT2D eigenvalue weighted by Gasteiger charge is -2.39. The minimum Gasteiger partial charge on any atom is -0.417 e. The summed E-state index contributed by atoms with van der Waals surface area (Å²) in [6.07, 6.45) is 1.98. The monoisotopic (exact) mass is 466 g/mol. The summed E-state index contributed by atoms with van der Waals surface area (Å²) in [5, 5.41) is 2.58. The van der Waals surface area contributed by atoms with E-state index in [4.69, 9.17) is 11.6 Å². The van der Waals surface area contributed by atoms with E-state index >= 15 is 0 Å². The van der Waals surface area contributed by atoms with Crippen LogP contribution in [0.5, 0.6) is 5.88 Å². The summed E-state index contributed by atoms with van der Waals surface area (Å²) < 4.78 is 29.1. The smallest absolute Gasteiger partial charge is 0.388 e. The van der Waals surface area contributed by atoms with Crippen LogP contribution in [0.3, 0.4) is 0 Å². The van der Waals surface area contributed by atoms with Gasteiger partial charge in [0.25, 0.3) is 0 Å². The largest absolute Gasteiger partial charge is 0.417 e. The van der Waals surface area contributed by atoms with Gasteiger partial charge in [0.2, 0.25) is 11.8 Å². The quantitative estimate of drug-likeness (QED) is 0.611. The minimum absolute atomic E-state index is 0.0115. The number of alkyl halides is 2. The molecule has 1 aliphatic rings. The predicted octanol–water partition coefficient (Wildman–Crippen LogP) is 4.95. The van der Waals surface area contributed by atoms with Gasteiger partial charge in [0.1, 0.15) is 0 Å². The lowest BCUT2D eigenvalue weighted by Crippen LogP contribution is -2.50. The first-order valence-electron chi connectivity index (χ1n) is 10.3. The standard InChI is InChI=1S/C22H25ClF2N4O3/c1-3-15-6-4-5-7-18(15)29(16-10-12-28(13-11-16)14(2)30)22(31)26-17-8-9-19(27-20(17)23)32-21(24)25/h4-9,16,21H,3,10-13H2,1-2H3,(H,26,31). The van der Waals surface area contributed by atoms with Crippen molar-refractivity contribution in [2.75, 3.05) is 23.3 Å². The van der Waals surface area contributed by atoms with Crippen molar-refractivity contribution in [3.8, 4) is 5.88 Å². The molecule has 0 saturated carbocycles. The van der Waals surface area contributed by atoms with Crippen molar-refractivity contribution in [3.63, 3.8) is 0 Å². The first-order valence-corrected chi connectivity index (χ1v) is 10.7. The molecule has 1 aliphatic heterocycles. The van der Waals surface area contributed by atoms with Gasteiger partial charge in [0.05, 0.1) is 5.69 Å². The number of para-hydroxylation sites is 1. The van der Waals surface area contributed by atoms with E-state index in [0.717, 1.165) is 17.7 Å². The van der Waals surface area contributed by atoms with Crippen molar-refractivity contribution in [2.45, 2.75) is 45.8 Å². The summed E-state index contributed by atoms with van der Waals surface area (Å²) in [5.41, 5.74) is 1.95. The molecule has 0 spiro atoms. The SMILES string of the molecule is CCc1ccccc1N(C(=O)Nc1ccc(OC(F)F)nc1Cl)C1CCN(C(C)=O)CC1. The number of carbonyl (C=O) groups is 2. The third kappa shape index (κ3) is 5.64. The number of piperidine rings is 1. The van der Waals surface area contributed by atoms with E-state index in [1.807, 2.05) is 31.2 Å². The second kappa shape index (κ2) is 10.6. The number of rotatable bonds is 6. The van der Waals surface area contributed by atoms with Crippen LogP contribution in [0.4, 0.5) is 25.0 Å². The Bertz CT molecular complexity index is 968. The van der Waals surface area contributed by atoms with E-state index in [1.165, 1.54) is 19.1 Å². The van der Waals surface area contributed by atoms with Crippen LogP contribution in [-0.2, 0) is 11.2 Å². The van der Waals surface area contributed by atoms with Crippen LogP contribution in [0.2, 0.25) is 5.15 Å². The van der Waals surface area contributed by atoms with Crippen molar-refractivity contribution in [1.29, 1.82) is 0 Å². The number of amides is 3. The number of carbonyl (C=O) groups excluding carboxylic acids is 2. The van der Waals surface area contributed by atoms with Crippen LogP contribution >= 0.6 is 11.6 Å². The summed E-state index contributed by atoms with van der Waals surface area (Å²) in [6.45, 7) is 1.63. The molecule has 172 valence electrons. The maximum Gasteiger partial charge on any atom is 0.388 e. The minimum atomic E-state index is -3.03. The second-order valence-electron chi connectivity index (χ2n) is 7.39. The van der Waals surface area contributed by atoms with Gasteiger partial charge < -0.3 is 15.0 Å². The summed E-state index contributed by atoms with van der Waals surface area (Å²) in [6, 6.07) is 9.66. The number of benzene rings is 1. The number of nitrogens with zero attached hydrogens (tertiary/aromatic N) is 3. The fourth-order valence-corrected chi connectivity index (χ4v) is 3.99. The van der Waals surface area contributed by atoms with E-state index in [2.05, 4.69) is 15.0 Å². The highest BCUT2D eigenvalue weighted by atomic mass is 35.5. The van der Waals surface area contributed by atoms with Crippen molar-refractivity contribution in [1.82, 2.24) is 9.88 Å². The van der Waals surface area contributed by atoms with Crippen LogP contribution in [-0.4, -0.2) is 47.6 Å². The molecule has 2 aromatic rings. The Morgan fingerprint density at radius 2 is 1.94 bits per heavy atom. The Morgan fingerprint density at radius 1 is 1.25 bits per heavy atom.